The maximum Gasteiger partial charge on any atom is 0.270 e. The Morgan fingerprint density at radius 2 is 2.05 bits per heavy atom. The van der Waals surface area contributed by atoms with Crippen molar-refractivity contribution in [3.63, 3.8) is 0 Å². The van der Waals surface area contributed by atoms with Crippen molar-refractivity contribution in [3.05, 3.63) is 93.1 Å². The molecule has 198 valence electrons. The van der Waals surface area contributed by atoms with Crippen LogP contribution in [0, 0.1) is 5.82 Å². The Kier molecular flexibility index (Phi) is 7.97. The Labute approximate surface area is 234 Å². The van der Waals surface area contributed by atoms with E-state index in [0.29, 0.717) is 29.5 Å². The number of piperidine rings is 1. The first kappa shape index (κ1) is 26.6. The molecule has 2 aromatic heterocycles. The molecule has 2 aromatic carbocycles. The molecule has 1 amide bonds. The minimum Gasteiger partial charge on any atom is -0.370 e. The smallest absolute Gasteiger partial charge is 0.270 e. The van der Waals surface area contributed by atoms with E-state index in [0.717, 1.165) is 34.1 Å². The monoisotopic (exact) mass is 599 g/mol. The first-order valence-electron chi connectivity index (χ1n) is 12.5. The van der Waals surface area contributed by atoms with Crippen LogP contribution in [0.15, 0.2) is 65.3 Å². The van der Waals surface area contributed by atoms with E-state index in [2.05, 4.69) is 26.2 Å². The van der Waals surface area contributed by atoms with E-state index >= 15 is 0 Å². The van der Waals surface area contributed by atoms with Crippen LogP contribution >= 0.6 is 27.5 Å². The van der Waals surface area contributed by atoms with Gasteiger partial charge in [0, 0.05) is 40.9 Å². The average Bonchev–Trinajstić information content (AvgIpc) is 3.54. The van der Waals surface area contributed by atoms with Crippen molar-refractivity contribution in [2.24, 2.45) is 7.05 Å². The zero-order valence-corrected chi connectivity index (χ0v) is 23.5. The Morgan fingerprint density at radius 1 is 1.24 bits per heavy atom. The van der Waals surface area contributed by atoms with Crippen LogP contribution in [0.3, 0.4) is 0 Å². The number of halogens is 3. The van der Waals surface area contributed by atoms with E-state index in [9.17, 15) is 9.18 Å². The summed E-state index contributed by atoms with van der Waals surface area (Å²) in [5.41, 5.74) is 4.10. The summed E-state index contributed by atoms with van der Waals surface area (Å²) in [6.45, 7) is 3.42. The fourth-order valence-electron chi connectivity index (χ4n) is 4.84. The Balaban J connectivity index is 1.21. The summed E-state index contributed by atoms with van der Waals surface area (Å²) in [4.78, 5) is 15.3. The topological polar surface area (TPSA) is 65.2 Å². The fraction of sp³-hybridized carbons (Fsp3) is 0.321. The van der Waals surface area contributed by atoms with Crippen molar-refractivity contribution in [2.45, 2.75) is 38.5 Å². The molecule has 5 rings (SSSR count). The second kappa shape index (κ2) is 11.4. The van der Waals surface area contributed by atoms with Gasteiger partial charge >= 0.3 is 0 Å². The van der Waals surface area contributed by atoms with Crippen molar-refractivity contribution in [3.8, 4) is 11.3 Å². The lowest BCUT2D eigenvalue weighted by atomic mass is 10.1. The molecule has 7 nitrogen and oxygen atoms in total. The van der Waals surface area contributed by atoms with Crippen molar-refractivity contribution in [1.29, 1.82) is 0 Å². The van der Waals surface area contributed by atoms with Crippen LogP contribution in [-0.4, -0.2) is 49.6 Å². The number of hydrogen-bond acceptors (Lipinski definition) is 4. The molecule has 4 aromatic rings. The molecule has 1 unspecified atom stereocenters. The van der Waals surface area contributed by atoms with Gasteiger partial charge in [0.2, 0.25) is 0 Å². The third-order valence-electron chi connectivity index (χ3n) is 6.99. The number of carbonyl (C=O) groups is 1. The molecule has 1 fully saturated rings. The Morgan fingerprint density at radius 3 is 2.84 bits per heavy atom. The normalized spacial score (nSPS) is 16.6. The number of hydrogen-bond donors (Lipinski definition) is 0. The van der Waals surface area contributed by atoms with Gasteiger partial charge in [0.15, 0.2) is 0 Å². The number of nitrogens with zero attached hydrogens (tertiary/aromatic N) is 5. The number of carbonyl (C=O) groups excluding carboxylic acids is 1. The van der Waals surface area contributed by atoms with Crippen molar-refractivity contribution in [2.75, 3.05) is 13.1 Å². The standard InChI is InChI=1S/C28H28BrClFN5O2/c1-18(22-10-9-19(31)14-25(22)30)36-15-20(32-33-36)17-38-21-6-5-13-35(16-21)28(37)27-12-11-26(34(27)2)23-7-3-4-8-24(23)29/h3-4,7-12,14-15,18,21H,5-6,13,16-17H2,1-2H3/t18-,21?/m1/s1. The third-order valence-corrected chi connectivity index (χ3v) is 8.01. The van der Waals surface area contributed by atoms with Crippen LogP contribution in [-0.2, 0) is 18.4 Å². The predicted octanol–water partition coefficient (Wildman–Crippen LogP) is 6.27. The lowest BCUT2D eigenvalue weighted by Crippen LogP contribution is -2.43. The van der Waals surface area contributed by atoms with Crippen LogP contribution in [0.25, 0.3) is 11.3 Å². The highest BCUT2D eigenvalue weighted by molar-refractivity contribution is 9.10. The highest BCUT2D eigenvalue weighted by Gasteiger charge is 2.27. The molecule has 2 atom stereocenters. The van der Waals surface area contributed by atoms with E-state index in [1.54, 1.807) is 10.7 Å². The van der Waals surface area contributed by atoms with E-state index in [1.165, 1.54) is 12.1 Å². The second-order valence-electron chi connectivity index (χ2n) is 9.50. The van der Waals surface area contributed by atoms with Crippen molar-refractivity contribution >= 4 is 33.4 Å². The van der Waals surface area contributed by atoms with Gasteiger partial charge in [-0.15, -0.1) is 5.10 Å². The van der Waals surface area contributed by atoms with Crippen LogP contribution in [0.4, 0.5) is 4.39 Å². The van der Waals surface area contributed by atoms with Gasteiger partial charge in [-0.25, -0.2) is 9.07 Å². The summed E-state index contributed by atoms with van der Waals surface area (Å²) >= 11 is 9.82. The number of likely N-dealkylation sites (tertiary alicyclic amines) is 1. The molecule has 0 saturated carbocycles. The van der Waals surface area contributed by atoms with E-state index in [1.807, 2.05) is 66.0 Å². The summed E-state index contributed by atoms with van der Waals surface area (Å²) in [7, 11) is 1.92. The number of benzene rings is 2. The SMILES string of the molecule is C[C@H](c1ccc(F)cc1Cl)n1cc(COC2CCCN(C(=O)c3ccc(-c4ccccc4Br)n3C)C2)nn1. The molecule has 38 heavy (non-hydrogen) atoms. The first-order chi connectivity index (χ1) is 18.3. The van der Waals surface area contributed by atoms with Crippen LogP contribution < -0.4 is 0 Å². The first-order valence-corrected chi connectivity index (χ1v) is 13.7. The van der Waals surface area contributed by atoms with Crippen LogP contribution in [0.2, 0.25) is 5.02 Å². The zero-order valence-electron chi connectivity index (χ0n) is 21.2. The maximum absolute atomic E-state index is 13.4. The molecular formula is C28H28BrClFN5O2. The molecule has 3 heterocycles. The average molecular weight is 601 g/mol. The molecule has 10 heteroatoms. The minimum atomic E-state index is -0.379. The summed E-state index contributed by atoms with van der Waals surface area (Å²) in [6.07, 6.45) is 3.45. The summed E-state index contributed by atoms with van der Waals surface area (Å²) in [5, 5.41) is 8.79. The minimum absolute atomic E-state index is 0.00458. The maximum atomic E-state index is 13.4. The van der Waals surface area contributed by atoms with Gasteiger partial charge in [0.1, 0.15) is 17.2 Å². The van der Waals surface area contributed by atoms with E-state index in [-0.39, 0.29) is 30.5 Å². The highest BCUT2D eigenvalue weighted by atomic mass is 79.9. The number of amides is 1. The van der Waals surface area contributed by atoms with Crippen molar-refractivity contribution in [1.82, 2.24) is 24.5 Å². The van der Waals surface area contributed by atoms with Gasteiger partial charge in [-0.3, -0.25) is 4.79 Å². The second-order valence-corrected chi connectivity index (χ2v) is 10.8. The number of ether oxygens (including phenoxy) is 1. The van der Waals surface area contributed by atoms with E-state index in [4.69, 9.17) is 16.3 Å². The van der Waals surface area contributed by atoms with Gasteiger partial charge in [-0.2, -0.15) is 0 Å². The molecule has 1 aliphatic heterocycles. The molecular weight excluding hydrogens is 573 g/mol. The molecule has 1 aliphatic rings. The molecule has 1 saturated heterocycles. The van der Waals surface area contributed by atoms with Gasteiger partial charge < -0.3 is 14.2 Å². The van der Waals surface area contributed by atoms with Gasteiger partial charge in [-0.1, -0.05) is 57.0 Å². The van der Waals surface area contributed by atoms with Gasteiger partial charge in [-0.05, 0) is 55.7 Å². The summed E-state index contributed by atoms with van der Waals surface area (Å²) in [6, 6.07) is 16.0. The van der Waals surface area contributed by atoms with E-state index < -0.39 is 0 Å². The van der Waals surface area contributed by atoms with Crippen LogP contribution in [0.5, 0.6) is 0 Å². The van der Waals surface area contributed by atoms with Crippen molar-refractivity contribution < 1.29 is 13.9 Å². The number of rotatable bonds is 7. The molecule has 0 N–H and O–H groups in total. The van der Waals surface area contributed by atoms with Gasteiger partial charge in [0.25, 0.3) is 5.91 Å². The largest absolute Gasteiger partial charge is 0.370 e. The Hall–Kier alpha value is -3.01. The fourth-order valence-corrected chi connectivity index (χ4v) is 5.65. The lowest BCUT2D eigenvalue weighted by Gasteiger charge is -2.32. The third kappa shape index (κ3) is 5.55. The molecule has 0 aliphatic carbocycles. The number of aromatic nitrogens is 4. The van der Waals surface area contributed by atoms with Gasteiger partial charge in [0.05, 0.1) is 24.9 Å². The zero-order chi connectivity index (χ0) is 26.8. The highest BCUT2D eigenvalue weighted by Crippen LogP contribution is 2.30. The molecule has 0 bridgehead atoms. The molecule has 0 spiro atoms. The quantitative estimate of drug-likeness (QED) is 0.251. The lowest BCUT2D eigenvalue weighted by molar-refractivity contribution is -0.00813. The van der Waals surface area contributed by atoms with Crippen LogP contribution in [0.1, 0.15) is 47.6 Å². The predicted molar refractivity (Wildman–Crippen MR) is 148 cm³/mol. The Bertz CT molecular complexity index is 1450. The molecule has 0 radical (unpaired) electrons. The summed E-state index contributed by atoms with van der Waals surface area (Å²) in [5.74, 6) is -0.384. The summed E-state index contributed by atoms with van der Waals surface area (Å²) < 4.78 is 24.2.